The standard InChI is InChI=1S/C22H24BrN3O4/c1-28-19-11-17-18(12-20(19)29-2)24-21(14-25-6-8-30-9-7-25)26(22(17)27)13-15-4-3-5-16(23)10-15/h3-5,10-12H,6-9,13-14H2,1-2H3. The van der Waals surface area contributed by atoms with Gasteiger partial charge in [-0.3, -0.25) is 14.3 Å². The second kappa shape index (κ2) is 9.16. The predicted octanol–water partition coefficient (Wildman–Crippen LogP) is 3.06. The number of nitrogens with zero attached hydrogens (tertiary/aromatic N) is 3. The van der Waals surface area contributed by atoms with E-state index in [9.17, 15) is 4.79 Å². The van der Waals surface area contributed by atoms with Gasteiger partial charge in [-0.15, -0.1) is 0 Å². The first-order valence-corrected chi connectivity index (χ1v) is 10.6. The van der Waals surface area contributed by atoms with Gasteiger partial charge in [-0.25, -0.2) is 4.98 Å². The van der Waals surface area contributed by atoms with Crippen LogP contribution in [0.15, 0.2) is 45.7 Å². The SMILES string of the molecule is COc1cc2nc(CN3CCOCC3)n(Cc3cccc(Br)c3)c(=O)c2cc1OC. The lowest BCUT2D eigenvalue weighted by molar-refractivity contribution is 0.0325. The molecule has 1 saturated heterocycles. The van der Waals surface area contributed by atoms with E-state index in [4.69, 9.17) is 19.2 Å². The van der Waals surface area contributed by atoms with E-state index in [0.717, 1.165) is 29.0 Å². The van der Waals surface area contributed by atoms with Crippen LogP contribution in [0.5, 0.6) is 11.5 Å². The molecule has 2 aromatic carbocycles. The Hall–Kier alpha value is -2.42. The lowest BCUT2D eigenvalue weighted by Crippen LogP contribution is -2.38. The summed E-state index contributed by atoms with van der Waals surface area (Å²) in [6.07, 6.45) is 0. The van der Waals surface area contributed by atoms with Crippen LogP contribution in [0.1, 0.15) is 11.4 Å². The summed E-state index contributed by atoms with van der Waals surface area (Å²) in [5.74, 6) is 1.79. The van der Waals surface area contributed by atoms with Crippen molar-refractivity contribution in [2.75, 3.05) is 40.5 Å². The van der Waals surface area contributed by atoms with Gasteiger partial charge in [-0.05, 0) is 23.8 Å². The average molecular weight is 474 g/mol. The molecule has 30 heavy (non-hydrogen) atoms. The van der Waals surface area contributed by atoms with E-state index in [1.54, 1.807) is 30.9 Å². The molecule has 1 aliphatic heterocycles. The Bertz CT molecular complexity index is 1110. The maximum Gasteiger partial charge on any atom is 0.261 e. The number of fused-ring (bicyclic) bond motifs is 1. The highest BCUT2D eigenvalue weighted by Gasteiger charge is 2.19. The Morgan fingerprint density at radius 3 is 2.50 bits per heavy atom. The van der Waals surface area contributed by atoms with Crippen molar-refractivity contribution in [3.63, 3.8) is 0 Å². The number of morpholine rings is 1. The molecule has 0 amide bonds. The zero-order valence-corrected chi connectivity index (χ0v) is 18.6. The largest absolute Gasteiger partial charge is 0.493 e. The molecule has 8 heteroatoms. The molecule has 2 heterocycles. The third-order valence-corrected chi connectivity index (χ3v) is 5.73. The Kier molecular flexibility index (Phi) is 6.36. The van der Waals surface area contributed by atoms with Crippen LogP contribution in [-0.4, -0.2) is 55.0 Å². The molecular weight excluding hydrogens is 450 g/mol. The number of hydrogen-bond donors (Lipinski definition) is 0. The number of benzene rings is 2. The van der Waals surface area contributed by atoms with E-state index in [0.29, 0.717) is 48.7 Å². The van der Waals surface area contributed by atoms with Gasteiger partial charge < -0.3 is 14.2 Å². The summed E-state index contributed by atoms with van der Waals surface area (Å²) >= 11 is 3.51. The first-order valence-electron chi connectivity index (χ1n) is 9.79. The summed E-state index contributed by atoms with van der Waals surface area (Å²) < 4.78 is 19.0. The van der Waals surface area contributed by atoms with Gasteiger partial charge in [0.2, 0.25) is 0 Å². The summed E-state index contributed by atoms with van der Waals surface area (Å²) in [5.41, 5.74) is 1.53. The number of ether oxygens (including phenoxy) is 3. The van der Waals surface area contributed by atoms with Crippen LogP contribution in [0.4, 0.5) is 0 Å². The van der Waals surface area contributed by atoms with E-state index in [1.165, 1.54) is 0 Å². The third-order valence-electron chi connectivity index (χ3n) is 5.24. The van der Waals surface area contributed by atoms with Crippen molar-refractivity contribution in [3.8, 4) is 11.5 Å². The van der Waals surface area contributed by atoms with Crippen LogP contribution in [0.2, 0.25) is 0 Å². The molecule has 4 rings (SSSR count). The van der Waals surface area contributed by atoms with Gasteiger partial charge in [-0.1, -0.05) is 28.1 Å². The summed E-state index contributed by atoms with van der Waals surface area (Å²) in [7, 11) is 3.14. The van der Waals surface area contributed by atoms with Crippen LogP contribution in [-0.2, 0) is 17.8 Å². The third kappa shape index (κ3) is 4.35. The molecule has 0 spiro atoms. The molecule has 0 aliphatic carbocycles. The van der Waals surface area contributed by atoms with Crippen molar-refractivity contribution >= 4 is 26.8 Å². The smallest absolute Gasteiger partial charge is 0.261 e. The van der Waals surface area contributed by atoms with Crippen molar-refractivity contribution in [2.24, 2.45) is 0 Å². The summed E-state index contributed by atoms with van der Waals surface area (Å²) in [5, 5.41) is 0.508. The van der Waals surface area contributed by atoms with E-state index in [-0.39, 0.29) is 5.56 Å². The number of methoxy groups -OCH3 is 2. The predicted molar refractivity (Wildman–Crippen MR) is 118 cm³/mol. The van der Waals surface area contributed by atoms with Gasteiger partial charge in [0.15, 0.2) is 11.5 Å². The first kappa shape index (κ1) is 20.8. The fraction of sp³-hybridized carbons (Fsp3) is 0.364. The quantitative estimate of drug-likeness (QED) is 0.548. The highest BCUT2D eigenvalue weighted by molar-refractivity contribution is 9.10. The van der Waals surface area contributed by atoms with Crippen molar-refractivity contribution in [1.82, 2.24) is 14.5 Å². The van der Waals surface area contributed by atoms with Crippen LogP contribution in [0, 0.1) is 0 Å². The number of halogens is 1. The van der Waals surface area contributed by atoms with E-state index in [2.05, 4.69) is 20.8 Å². The number of hydrogen-bond acceptors (Lipinski definition) is 6. The minimum atomic E-state index is -0.0933. The fourth-order valence-corrected chi connectivity index (χ4v) is 4.10. The highest BCUT2D eigenvalue weighted by atomic mass is 79.9. The van der Waals surface area contributed by atoms with Crippen molar-refractivity contribution in [2.45, 2.75) is 13.1 Å². The molecule has 0 unspecified atom stereocenters. The lowest BCUT2D eigenvalue weighted by Gasteiger charge is -2.27. The van der Waals surface area contributed by atoms with Crippen LogP contribution in [0.3, 0.4) is 0 Å². The number of rotatable bonds is 6. The fourth-order valence-electron chi connectivity index (χ4n) is 3.66. The molecule has 7 nitrogen and oxygen atoms in total. The maximum atomic E-state index is 13.5. The molecule has 0 saturated carbocycles. The normalized spacial score (nSPS) is 14.8. The van der Waals surface area contributed by atoms with E-state index < -0.39 is 0 Å². The number of aromatic nitrogens is 2. The van der Waals surface area contributed by atoms with Crippen LogP contribution >= 0.6 is 15.9 Å². The maximum absolute atomic E-state index is 13.5. The Balaban J connectivity index is 1.84. The molecule has 0 bridgehead atoms. The Labute approximate surface area is 183 Å². The molecule has 0 radical (unpaired) electrons. The molecule has 1 fully saturated rings. The Morgan fingerprint density at radius 2 is 1.80 bits per heavy atom. The molecular formula is C22H24BrN3O4. The highest BCUT2D eigenvalue weighted by Crippen LogP contribution is 2.30. The minimum absolute atomic E-state index is 0.0933. The van der Waals surface area contributed by atoms with Crippen molar-refractivity contribution in [3.05, 3.63) is 62.6 Å². The van der Waals surface area contributed by atoms with Crippen LogP contribution < -0.4 is 15.0 Å². The topological polar surface area (TPSA) is 65.8 Å². The average Bonchev–Trinajstić information content (AvgIpc) is 2.76. The first-order chi connectivity index (χ1) is 14.6. The molecule has 158 valence electrons. The summed E-state index contributed by atoms with van der Waals surface area (Å²) in [4.78, 5) is 20.6. The van der Waals surface area contributed by atoms with Gasteiger partial charge in [-0.2, -0.15) is 0 Å². The summed E-state index contributed by atoms with van der Waals surface area (Å²) in [6.45, 7) is 4.03. The van der Waals surface area contributed by atoms with Crippen molar-refractivity contribution < 1.29 is 14.2 Å². The molecule has 1 aliphatic rings. The van der Waals surface area contributed by atoms with E-state index in [1.807, 2.05) is 24.3 Å². The monoisotopic (exact) mass is 473 g/mol. The zero-order chi connectivity index (χ0) is 21.1. The second-order valence-electron chi connectivity index (χ2n) is 7.16. The van der Waals surface area contributed by atoms with Gasteiger partial charge in [0, 0.05) is 23.6 Å². The van der Waals surface area contributed by atoms with E-state index >= 15 is 0 Å². The van der Waals surface area contributed by atoms with Gasteiger partial charge in [0.1, 0.15) is 5.82 Å². The van der Waals surface area contributed by atoms with Gasteiger partial charge >= 0.3 is 0 Å². The molecule has 1 aromatic heterocycles. The second-order valence-corrected chi connectivity index (χ2v) is 8.08. The zero-order valence-electron chi connectivity index (χ0n) is 17.1. The molecule has 0 atom stereocenters. The lowest BCUT2D eigenvalue weighted by atomic mass is 10.2. The van der Waals surface area contributed by atoms with Gasteiger partial charge in [0.05, 0.1) is 51.4 Å². The van der Waals surface area contributed by atoms with Crippen LogP contribution in [0.25, 0.3) is 10.9 Å². The molecule has 0 N–H and O–H groups in total. The summed E-state index contributed by atoms with van der Waals surface area (Å²) in [6, 6.07) is 11.4. The molecule has 3 aromatic rings. The minimum Gasteiger partial charge on any atom is -0.493 e. The van der Waals surface area contributed by atoms with Gasteiger partial charge in [0.25, 0.3) is 5.56 Å². The Morgan fingerprint density at radius 1 is 1.07 bits per heavy atom. The van der Waals surface area contributed by atoms with Crippen molar-refractivity contribution in [1.29, 1.82) is 0 Å².